The summed E-state index contributed by atoms with van der Waals surface area (Å²) in [6.45, 7) is 2.12. The standard InChI is InChI=1S/C18H19NO2/c1-19-8-7-11-3-2-4-14-16(11)13(10-19)9-12-5-6-15(20)18(21)17(12)14/h2-6,13,20-21H,7-10H2,1H3. The Balaban J connectivity index is 2.00. The van der Waals surface area contributed by atoms with Crippen molar-refractivity contribution >= 4 is 0 Å². The zero-order valence-corrected chi connectivity index (χ0v) is 12.1. The number of phenols is 2. The fourth-order valence-electron chi connectivity index (χ4n) is 3.93. The van der Waals surface area contributed by atoms with E-state index in [4.69, 9.17) is 0 Å². The molecule has 0 aromatic heterocycles. The van der Waals surface area contributed by atoms with E-state index in [-0.39, 0.29) is 11.5 Å². The third-order valence-corrected chi connectivity index (χ3v) is 4.88. The molecule has 1 aliphatic heterocycles. The van der Waals surface area contributed by atoms with Crippen molar-refractivity contribution in [2.24, 2.45) is 0 Å². The average Bonchev–Trinajstić information content (AvgIpc) is 2.64. The van der Waals surface area contributed by atoms with Gasteiger partial charge >= 0.3 is 0 Å². The van der Waals surface area contributed by atoms with Crippen LogP contribution in [-0.4, -0.2) is 35.3 Å². The predicted octanol–water partition coefficient (Wildman–Crippen LogP) is 2.89. The van der Waals surface area contributed by atoms with Crippen molar-refractivity contribution in [1.29, 1.82) is 0 Å². The summed E-state index contributed by atoms with van der Waals surface area (Å²) in [6, 6.07) is 9.90. The molecule has 3 heteroatoms. The Kier molecular flexibility index (Phi) is 2.73. The van der Waals surface area contributed by atoms with Crippen LogP contribution in [0.2, 0.25) is 0 Å². The van der Waals surface area contributed by atoms with Gasteiger partial charge in [-0.15, -0.1) is 0 Å². The van der Waals surface area contributed by atoms with E-state index >= 15 is 0 Å². The van der Waals surface area contributed by atoms with E-state index in [0.29, 0.717) is 5.92 Å². The van der Waals surface area contributed by atoms with Gasteiger partial charge in [0.25, 0.3) is 0 Å². The van der Waals surface area contributed by atoms with E-state index in [1.807, 2.05) is 6.07 Å². The summed E-state index contributed by atoms with van der Waals surface area (Å²) in [4.78, 5) is 2.39. The number of aromatic hydroxyl groups is 2. The van der Waals surface area contributed by atoms with Crippen molar-refractivity contribution in [1.82, 2.24) is 4.90 Å². The van der Waals surface area contributed by atoms with Gasteiger partial charge in [0.05, 0.1) is 0 Å². The molecule has 21 heavy (non-hydrogen) atoms. The van der Waals surface area contributed by atoms with Gasteiger partial charge in [-0.1, -0.05) is 24.3 Å². The van der Waals surface area contributed by atoms with E-state index < -0.39 is 0 Å². The number of fused-ring (bicyclic) bond motifs is 2. The lowest BCUT2D eigenvalue weighted by molar-refractivity contribution is 0.323. The number of benzene rings is 2. The van der Waals surface area contributed by atoms with Gasteiger partial charge in [0.1, 0.15) is 0 Å². The van der Waals surface area contributed by atoms with Gasteiger partial charge in [-0.05, 0) is 48.2 Å². The quantitative estimate of drug-likeness (QED) is 0.730. The molecule has 2 aromatic carbocycles. The summed E-state index contributed by atoms with van der Waals surface area (Å²) in [7, 11) is 2.18. The molecule has 1 unspecified atom stereocenters. The third-order valence-electron chi connectivity index (χ3n) is 4.88. The lowest BCUT2D eigenvalue weighted by atomic mass is 9.76. The smallest absolute Gasteiger partial charge is 0.165 e. The first-order chi connectivity index (χ1) is 10.1. The lowest BCUT2D eigenvalue weighted by Crippen LogP contribution is -2.26. The van der Waals surface area contributed by atoms with Gasteiger partial charge in [0.15, 0.2) is 11.5 Å². The summed E-state index contributed by atoms with van der Waals surface area (Å²) in [6.07, 6.45) is 1.97. The molecular formula is C18H19NO2. The second kappa shape index (κ2) is 4.50. The highest BCUT2D eigenvalue weighted by atomic mass is 16.3. The SMILES string of the molecule is CN1CCc2cccc3c2C(Cc2ccc(O)c(O)c2-3)C1. The van der Waals surface area contributed by atoms with Crippen LogP contribution in [0.4, 0.5) is 0 Å². The summed E-state index contributed by atoms with van der Waals surface area (Å²) in [5.74, 6) is 0.465. The zero-order valence-electron chi connectivity index (χ0n) is 12.1. The zero-order chi connectivity index (χ0) is 14.6. The van der Waals surface area contributed by atoms with Crippen LogP contribution in [-0.2, 0) is 12.8 Å². The molecule has 1 aliphatic carbocycles. The molecule has 4 rings (SSSR count). The molecule has 0 radical (unpaired) electrons. The Morgan fingerprint density at radius 2 is 1.95 bits per heavy atom. The van der Waals surface area contributed by atoms with Crippen molar-refractivity contribution < 1.29 is 10.2 Å². The fraction of sp³-hybridized carbons (Fsp3) is 0.333. The van der Waals surface area contributed by atoms with Gasteiger partial charge in [0, 0.05) is 24.6 Å². The minimum atomic E-state index is -0.0319. The van der Waals surface area contributed by atoms with E-state index in [0.717, 1.165) is 42.6 Å². The van der Waals surface area contributed by atoms with Crippen molar-refractivity contribution in [2.75, 3.05) is 20.1 Å². The molecule has 0 spiro atoms. The first kappa shape index (κ1) is 12.7. The molecule has 0 saturated carbocycles. The molecule has 2 aromatic rings. The number of hydrogen-bond donors (Lipinski definition) is 2. The van der Waals surface area contributed by atoms with Crippen LogP contribution >= 0.6 is 0 Å². The highest BCUT2D eigenvalue weighted by molar-refractivity contribution is 5.82. The summed E-state index contributed by atoms with van der Waals surface area (Å²) in [5.41, 5.74) is 5.82. The van der Waals surface area contributed by atoms with Gasteiger partial charge in [-0.25, -0.2) is 0 Å². The maximum absolute atomic E-state index is 10.3. The molecule has 0 fully saturated rings. The molecule has 3 nitrogen and oxygen atoms in total. The molecule has 2 N–H and O–H groups in total. The monoisotopic (exact) mass is 281 g/mol. The minimum Gasteiger partial charge on any atom is -0.504 e. The molecule has 0 saturated heterocycles. The summed E-state index contributed by atoms with van der Waals surface area (Å²) >= 11 is 0. The Morgan fingerprint density at radius 1 is 1.10 bits per heavy atom. The van der Waals surface area contributed by atoms with Crippen molar-refractivity contribution in [2.45, 2.75) is 18.8 Å². The van der Waals surface area contributed by atoms with Crippen LogP contribution in [0.1, 0.15) is 22.6 Å². The van der Waals surface area contributed by atoms with Gasteiger partial charge in [-0.2, -0.15) is 0 Å². The first-order valence-electron chi connectivity index (χ1n) is 7.49. The third kappa shape index (κ3) is 1.84. The Morgan fingerprint density at radius 3 is 2.81 bits per heavy atom. The van der Waals surface area contributed by atoms with E-state index in [9.17, 15) is 10.2 Å². The number of rotatable bonds is 0. The molecule has 0 bridgehead atoms. The first-order valence-corrected chi connectivity index (χ1v) is 7.49. The van der Waals surface area contributed by atoms with Gasteiger partial charge < -0.3 is 15.1 Å². The van der Waals surface area contributed by atoms with E-state index in [1.54, 1.807) is 6.07 Å². The fourth-order valence-corrected chi connectivity index (χ4v) is 3.93. The lowest BCUT2D eigenvalue weighted by Gasteiger charge is -2.30. The number of hydrogen-bond acceptors (Lipinski definition) is 3. The topological polar surface area (TPSA) is 43.7 Å². The normalized spacial score (nSPS) is 20.5. The van der Waals surface area contributed by atoms with Crippen molar-refractivity contribution in [3.05, 3.63) is 47.0 Å². The van der Waals surface area contributed by atoms with Crippen LogP contribution in [0, 0.1) is 0 Å². The summed E-state index contributed by atoms with van der Waals surface area (Å²) < 4.78 is 0. The van der Waals surface area contributed by atoms with E-state index in [2.05, 4.69) is 30.1 Å². The van der Waals surface area contributed by atoms with Crippen LogP contribution in [0.15, 0.2) is 30.3 Å². The largest absolute Gasteiger partial charge is 0.504 e. The van der Waals surface area contributed by atoms with Crippen LogP contribution in [0.25, 0.3) is 11.1 Å². The van der Waals surface area contributed by atoms with E-state index in [1.165, 1.54) is 11.1 Å². The second-order valence-corrected chi connectivity index (χ2v) is 6.26. The molecular weight excluding hydrogens is 262 g/mol. The average molecular weight is 281 g/mol. The predicted molar refractivity (Wildman–Crippen MR) is 82.9 cm³/mol. The molecule has 1 atom stereocenters. The summed E-state index contributed by atoms with van der Waals surface area (Å²) in [5, 5.41) is 20.2. The Bertz CT molecular complexity index is 723. The van der Waals surface area contributed by atoms with Crippen molar-refractivity contribution in [3.63, 3.8) is 0 Å². The molecule has 2 aliphatic rings. The van der Waals surface area contributed by atoms with Crippen LogP contribution in [0.3, 0.4) is 0 Å². The number of nitrogens with zero attached hydrogens (tertiary/aromatic N) is 1. The highest BCUT2D eigenvalue weighted by Crippen LogP contribution is 2.48. The van der Waals surface area contributed by atoms with Crippen LogP contribution < -0.4 is 0 Å². The molecule has 0 amide bonds. The van der Waals surface area contributed by atoms with Gasteiger partial charge in [-0.3, -0.25) is 0 Å². The molecule has 108 valence electrons. The number of likely N-dealkylation sites (N-methyl/N-ethyl adjacent to an activating group) is 1. The maximum atomic E-state index is 10.3. The molecule has 1 heterocycles. The van der Waals surface area contributed by atoms with Gasteiger partial charge in [0.2, 0.25) is 0 Å². The van der Waals surface area contributed by atoms with Crippen LogP contribution in [0.5, 0.6) is 11.5 Å². The minimum absolute atomic E-state index is 0.0250. The highest BCUT2D eigenvalue weighted by Gasteiger charge is 2.31. The number of phenolic OH excluding ortho intramolecular Hbond substituents is 2. The second-order valence-electron chi connectivity index (χ2n) is 6.26. The van der Waals surface area contributed by atoms with Crippen molar-refractivity contribution in [3.8, 4) is 22.6 Å². The Labute approximate surface area is 124 Å². The Hall–Kier alpha value is -2.00. The maximum Gasteiger partial charge on any atom is 0.165 e.